The molecule has 4 N–H and O–H groups in total. The van der Waals surface area contributed by atoms with Crippen molar-refractivity contribution in [2.45, 2.75) is 26.9 Å². The molecule has 0 amide bonds. The molecular weight excluding hydrogens is 444 g/mol. The number of carbonyl (C=O) groups is 1. The van der Waals surface area contributed by atoms with Gasteiger partial charge in [0.2, 0.25) is 0 Å². The van der Waals surface area contributed by atoms with E-state index in [4.69, 9.17) is 11.5 Å². The van der Waals surface area contributed by atoms with E-state index in [0.717, 1.165) is 5.69 Å². The van der Waals surface area contributed by atoms with Gasteiger partial charge in [-0.1, -0.05) is 18.2 Å². The lowest BCUT2D eigenvalue weighted by atomic mass is 10.0. The van der Waals surface area contributed by atoms with Gasteiger partial charge in [0.15, 0.2) is 17.4 Å². The molecular formula is C23H21F2N7O2. The number of aryl methyl sites for hydroxylation is 2. The zero-order chi connectivity index (χ0) is 24.4. The molecule has 0 aliphatic rings. The van der Waals surface area contributed by atoms with E-state index >= 15 is 0 Å². The normalized spacial score (nSPS) is 11.1. The molecule has 34 heavy (non-hydrogen) atoms. The van der Waals surface area contributed by atoms with Crippen molar-refractivity contribution in [2.24, 2.45) is 0 Å². The number of Topliss-reactive ketones (excluding diaryl/α,β-unsaturated/α-hetero) is 1. The number of ketones is 1. The average molecular weight is 465 g/mol. The topological polar surface area (TPSA) is 135 Å². The van der Waals surface area contributed by atoms with Crippen LogP contribution >= 0.6 is 0 Å². The summed E-state index contributed by atoms with van der Waals surface area (Å²) in [6, 6.07) is 11.2. The first-order chi connectivity index (χ1) is 16.2. The number of benzene rings is 1. The molecule has 0 radical (unpaired) electrons. The van der Waals surface area contributed by atoms with Crippen molar-refractivity contribution >= 4 is 17.4 Å². The maximum absolute atomic E-state index is 13.2. The molecule has 174 valence electrons. The Hall–Kier alpha value is -4.41. The second-order valence-electron chi connectivity index (χ2n) is 7.54. The molecule has 4 aromatic rings. The van der Waals surface area contributed by atoms with Crippen molar-refractivity contribution in [2.75, 3.05) is 11.5 Å². The second-order valence-corrected chi connectivity index (χ2v) is 7.54. The molecule has 0 fully saturated rings. The predicted octanol–water partition coefficient (Wildman–Crippen LogP) is 3.53. The highest BCUT2D eigenvalue weighted by Crippen LogP contribution is 2.29. The van der Waals surface area contributed by atoms with E-state index in [2.05, 4.69) is 24.8 Å². The summed E-state index contributed by atoms with van der Waals surface area (Å²) in [7, 11) is 0. The number of ether oxygens (including phenoxy) is 1. The largest absolute Gasteiger partial charge is 0.435 e. The van der Waals surface area contributed by atoms with E-state index in [-0.39, 0.29) is 35.1 Å². The third-order valence-corrected chi connectivity index (χ3v) is 4.89. The van der Waals surface area contributed by atoms with Gasteiger partial charge in [-0.15, -0.1) is 0 Å². The van der Waals surface area contributed by atoms with Gasteiger partial charge in [-0.2, -0.15) is 13.9 Å². The molecule has 0 unspecified atom stereocenters. The summed E-state index contributed by atoms with van der Waals surface area (Å²) >= 11 is 0. The Morgan fingerprint density at radius 3 is 2.50 bits per heavy atom. The molecule has 0 saturated carbocycles. The highest BCUT2D eigenvalue weighted by Gasteiger charge is 2.22. The number of pyridine rings is 1. The molecule has 3 aromatic heterocycles. The number of nitrogens with two attached hydrogens (primary N) is 2. The van der Waals surface area contributed by atoms with Crippen molar-refractivity contribution in [3.63, 3.8) is 0 Å². The minimum atomic E-state index is -3.02. The van der Waals surface area contributed by atoms with E-state index in [1.165, 1.54) is 22.9 Å². The first kappa shape index (κ1) is 22.8. The Morgan fingerprint density at radius 2 is 1.82 bits per heavy atom. The lowest BCUT2D eigenvalue weighted by molar-refractivity contribution is -0.0504. The highest BCUT2D eigenvalue weighted by molar-refractivity contribution is 6.00. The number of halogens is 2. The van der Waals surface area contributed by atoms with Gasteiger partial charge in [-0.05, 0) is 38.1 Å². The van der Waals surface area contributed by atoms with E-state index in [0.29, 0.717) is 22.8 Å². The predicted molar refractivity (Wildman–Crippen MR) is 122 cm³/mol. The zero-order valence-electron chi connectivity index (χ0n) is 18.4. The minimum Gasteiger partial charge on any atom is -0.435 e. The molecule has 0 saturated heterocycles. The van der Waals surface area contributed by atoms with Crippen LogP contribution in [-0.4, -0.2) is 37.1 Å². The van der Waals surface area contributed by atoms with Crippen LogP contribution in [0.25, 0.3) is 17.1 Å². The summed E-state index contributed by atoms with van der Waals surface area (Å²) in [6.07, 6.45) is 1.43. The van der Waals surface area contributed by atoms with Crippen molar-refractivity contribution in [3.05, 3.63) is 71.3 Å². The smallest absolute Gasteiger partial charge is 0.387 e. The van der Waals surface area contributed by atoms with E-state index in [1.807, 2.05) is 6.92 Å². The number of aromatic nitrogens is 5. The first-order valence-corrected chi connectivity index (χ1v) is 10.2. The number of rotatable bonds is 7. The number of alkyl halides is 2. The monoisotopic (exact) mass is 465 g/mol. The molecule has 1 aromatic carbocycles. The number of nitrogen functional groups attached to an aromatic ring is 2. The molecule has 0 aliphatic carbocycles. The van der Waals surface area contributed by atoms with Gasteiger partial charge in [0.1, 0.15) is 23.0 Å². The van der Waals surface area contributed by atoms with Gasteiger partial charge in [0.05, 0.1) is 5.69 Å². The molecule has 3 heterocycles. The Morgan fingerprint density at radius 1 is 1.06 bits per heavy atom. The maximum Gasteiger partial charge on any atom is 0.387 e. The highest BCUT2D eigenvalue weighted by atomic mass is 19.3. The van der Waals surface area contributed by atoms with Crippen molar-refractivity contribution in [1.82, 2.24) is 24.7 Å². The van der Waals surface area contributed by atoms with Crippen molar-refractivity contribution < 1.29 is 18.3 Å². The summed E-state index contributed by atoms with van der Waals surface area (Å²) in [5.41, 5.74) is 14.5. The number of anilines is 2. The number of para-hydroxylation sites is 1. The van der Waals surface area contributed by atoms with Crippen LogP contribution in [0.5, 0.6) is 5.75 Å². The van der Waals surface area contributed by atoms with Gasteiger partial charge < -0.3 is 16.2 Å². The summed E-state index contributed by atoms with van der Waals surface area (Å²) < 4.78 is 31.6. The third-order valence-electron chi connectivity index (χ3n) is 4.89. The van der Waals surface area contributed by atoms with Gasteiger partial charge >= 0.3 is 6.61 Å². The molecule has 0 aliphatic heterocycles. The minimum absolute atomic E-state index is 0.0984. The third kappa shape index (κ3) is 4.82. The lowest BCUT2D eigenvalue weighted by Crippen LogP contribution is -2.16. The van der Waals surface area contributed by atoms with E-state index in [9.17, 15) is 13.6 Å². The Balaban J connectivity index is 1.81. The molecule has 0 bridgehead atoms. The number of carbonyl (C=O) groups excluding carboxylic acids is 1. The summed E-state index contributed by atoms with van der Waals surface area (Å²) in [5, 5.41) is 4.37. The zero-order valence-corrected chi connectivity index (χ0v) is 18.4. The molecule has 0 spiro atoms. The Labute approximate surface area is 193 Å². The summed E-state index contributed by atoms with van der Waals surface area (Å²) in [5.74, 6) is -0.170. The molecule has 4 rings (SSSR count). The Kier molecular flexibility index (Phi) is 6.17. The average Bonchev–Trinajstić information content (AvgIpc) is 3.20. The Bertz CT molecular complexity index is 1350. The fourth-order valence-electron chi connectivity index (χ4n) is 3.48. The SMILES string of the molecule is Cc1cc(-c2nc(C(=O)Cc3ccccc3OC(F)F)c(N)nc2-n2ccc(C)n2)cc(N)n1. The van der Waals surface area contributed by atoms with Crippen LogP contribution in [0.15, 0.2) is 48.7 Å². The van der Waals surface area contributed by atoms with Crippen molar-refractivity contribution in [1.29, 1.82) is 0 Å². The van der Waals surface area contributed by atoms with Crippen LogP contribution in [0.3, 0.4) is 0 Å². The molecule has 11 heteroatoms. The number of hydrogen-bond acceptors (Lipinski definition) is 8. The van der Waals surface area contributed by atoms with Gasteiger partial charge in [-0.3, -0.25) is 4.79 Å². The standard InChI is InChI=1S/C23H21F2N7O2/c1-12-7-8-32(31-12)22-19(15-9-13(2)28-18(26)11-15)29-20(21(27)30-22)16(33)10-14-5-3-4-6-17(14)34-23(24)25/h3-9,11,23H,10H2,1-2H3,(H2,26,28)(H2,27,30). The summed E-state index contributed by atoms with van der Waals surface area (Å²) in [6.45, 7) is 0.567. The maximum atomic E-state index is 13.2. The van der Waals surface area contributed by atoms with Crippen LogP contribution in [0, 0.1) is 13.8 Å². The molecule has 0 atom stereocenters. The first-order valence-electron chi connectivity index (χ1n) is 10.2. The number of nitrogens with zero attached hydrogens (tertiary/aromatic N) is 5. The summed E-state index contributed by atoms with van der Waals surface area (Å²) in [4.78, 5) is 26.3. The van der Waals surface area contributed by atoms with Crippen LogP contribution < -0.4 is 16.2 Å². The van der Waals surface area contributed by atoms with E-state index < -0.39 is 12.4 Å². The quantitative estimate of drug-likeness (QED) is 0.396. The second kappa shape index (κ2) is 9.22. The fraction of sp³-hybridized carbons (Fsp3) is 0.174. The van der Waals surface area contributed by atoms with Crippen LogP contribution in [-0.2, 0) is 6.42 Å². The van der Waals surface area contributed by atoms with Crippen LogP contribution in [0.2, 0.25) is 0 Å². The fourth-order valence-corrected chi connectivity index (χ4v) is 3.48. The van der Waals surface area contributed by atoms with Crippen molar-refractivity contribution in [3.8, 4) is 22.8 Å². The van der Waals surface area contributed by atoms with Crippen LogP contribution in [0.1, 0.15) is 27.4 Å². The van der Waals surface area contributed by atoms with Crippen LogP contribution in [0.4, 0.5) is 20.4 Å². The molecule has 9 nitrogen and oxygen atoms in total. The lowest BCUT2D eigenvalue weighted by Gasteiger charge is -2.14. The van der Waals surface area contributed by atoms with Gasteiger partial charge in [0.25, 0.3) is 0 Å². The van der Waals surface area contributed by atoms with Gasteiger partial charge in [-0.25, -0.2) is 19.6 Å². The number of hydrogen-bond donors (Lipinski definition) is 2. The van der Waals surface area contributed by atoms with Gasteiger partial charge in [0, 0.05) is 29.4 Å². The van der Waals surface area contributed by atoms with E-state index in [1.54, 1.807) is 37.4 Å².